The first-order valence-corrected chi connectivity index (χ1v) is 7.35. The van der Waals surface area contributed by atoms with Crippen LogP contribution in [0.3, 0.4) is 0 Å². The van der Waals surface area contributed by atoms with Crippen molar-refractivity contribution in [3.63, 3.8) is 0 Å². The molecule has 0 saturated carbocycles. The SMILES string of the molecule is CCCOc1ccc(C(C)Nc2ccc(C)c(F)c2)cc1. The third kappa shape index (κ3) is 4.22. The molecule has 0 spiro atoms. The molecule has 1 unspecified atom stereocenters. The van der Waals surface area contributed by atoms with E-state index in [4.69, 9.17) is 4.74 Å². The van der Waals surface area contributed by atoms with E-state index in [9.17, 15) is 4.39 Å². The first-order chi connectivity index (χ1) is 10.1. The van der Waals surface area contributed by atoms with Gasteiger partial charge in [0, 0.05) is 11.7 Å². The average molecular weight is 287 g/mol. The van der Waals surface area contributed by atoms with Crippen LogP contribution in [0.4, 0.5) is 10.1 Å². The Balaban J connectivity index is 2.02. The van der Waals surface area contributed by atoms with Crippen molar-refractivity contribution in [3.8, 4) is 5.75 Å². The summed E-state index contributed by atoms with van der Waals surface area (Å²) in [7, 11) is 0. The first kappa shape index (κ1) is 15.4. The summed E-state index contributed by atoms with van der Waals surface area (Å²) in [5.74, 6) is 0.699. The van der Waals surface area contributed by atoms with E-state index in [0.29, 0.717) is 5.56 Å². The van der Waals surface area contributed by atoms with Gasteiger partial charge in [0.25, 0.3) is 0 Å². The molecule has 1 atom stereocenters. The lowest BCUT2D eigenvalue weighted by Crippen LogP contribution is -2.07. The first-order valence-electron chi connectivity index (χ1n) is 7.35. The highest BCUT2D eigenvalue weighted by molar-refractivity contribution is 5.47. The van der Waals surface area contributed by atoms with Crippen LogP contribution in [0.15, 0.2) is 42.5 Å². The second kappa shape index (κ2) is 7.11. The molecule has 2 aromatic rings. The maximum atomic E-state index is 13.5. The van der Waals surface area contributed by atoms with Crippen molar-refractivity contribution < 1.29 is 9.13 Å². The molecular formula is C18H22FNO. The fraction of sp³-hybridized carbons (Fsp3) is 0.333. The van der Waals surface area contributed by atoms with E-state index < -0.39 is 0 Å². The van der Waals surface area contributed by atoms with Gasteiger partial charge in [-0.25, -0.2) is 4.39 Å². The van der Waals surface area contributed by atoms with Gasteiger partial charge in [-0.05, 0) is 55.7 Å². The number of ether oxygens (including phenoxy) is 1. The van der Waals surface area contributed by atoms with Gasteiger partial charge in [0.2, 0.25) is 0 Å². The molecule has 0 amide bonds. The van der Waals surface area contributed by atoms with Gasteiger partial charge in [0.1, 0.15) is 11.6 Å². The summed E-state index contributed by atoms with van der Waals surface area (Å²) in [5, 5.41) is 3.31. The molecule has 0 heterocycles. The van der Waals surface area contributed by atoms with E-state index in [1.54, 1.807) is 13.0 Å². The van der Waals surface area contributed by atoms with Crippen LogP contribution in [0.1, 0.15) is 37.4 Å². The van der Waals surface area contributed by atoms with Gasteiger partial charge in [-0.15, -0.1) is 0 Å². The van der Waals surface area contributed by atoms with Crippen molar-refractivity contribution in [2.45, 2.75) is 33.2 Å². The molecule has 0 bridgehead atoms. The summed E-state index contributed by atoms with van der Waals surface area (Å²) >= 11 is 0. The van der Waals surface area contributed by atoms with E-state index >= 15 is 0 Å². The van der Waals surface area contributed by atoms with Crippen LogP contribution in [0.5, 0.6) is 5.75 Å². The summed E-state index contributed by atoms with van der Waals surface area (Å²) in [6, 6.07) is 13.3. The molecule has 112 valence electrons. The summed E-state index contributed by atoms with van der Waals surface area (Å²) in [6.45, 7) is 6.63. The largest absolute Gasteiger partial charge is 0.494 e. The molecule has 0 saturated heterocycles. The lowest BCUT2D eigenvalue weighted by Gasteiger charge is -2.16. The van der Waals surface area contributed by atoms with Crippen LogP contribution < -0.4 is 10.1 Å². The molecule has 2 aromatic carbocycles. The molecule has 1 N–H and O–H groups in total. The molecule has 0 aromatic heterocycles. The quantitative estimate of drug-likeness (QED) is 0.798. The van der Waals surface area contributed by atoms with Gasteiger partial charge in [0.05, 0.1) is 6.61 Å². The van der Waals surface area contributed by atoms with Gasteiger partial charge in [-0.2, -0.15) is 0 Å². The minimum Gasteiger partial charge on any atom is -0.494 e. The highest BCUT2D eigenvalue weighted by Crippen LogP contribution is 2.23. The van der Waals surface area contributed by atoms with E-state index in [1.807, 2.05) is 30.3 Å². The minimum absolute atomic E-state index is 0.104. The maximum absolute atomic E-state index is 13.5. The van der Waals surface area contributed by atoms with E-state index in [1.165, 1.54) is 6.07 Å². The lowest BCUT2D eigenvalue weighted by molar-refractivity contribution is 0.317. The van der Waals surface area contributed by atoms with Crippen LogP contribution in [-0.4, -0.2) is 6.61 Å². The molecule has 0 fully saturated rings. The highest BCUT2D eigenvalue weighted by atomic mass is 19.1. The molecule has 0 radical (unpaired) electrons. The smallest absolute Gasteiger partial charge is 0.128 e. The molecule has 2 rings (SSSR count). The molecule has 2 nitrogen and oxygen atoms in total. The summed E-state index contributed by atoms with van der Waals surface area (Å²) in [5.41, 5.74) is 2.59. The van der Waals surface area contributed by atoms with Gasteiger partial charge in [-0.3, -0.25) is 0 Å². The summed E-state index contributed by atoms with van der Waals surface area (Å²) in [6.07, 6.45) is 0.999. The van der Waals surface area contributed by atoms with Crippen molar-refractivity contribution in [1.29, 1.82) is 0 Å². The zero-order valence-corrected chi connectivity index (χ0v) is 12.8. The van der Waals surface area contributed by atoms with E-state index in [0.717, 1.165) is 30.0 Å². The molecule has 0 aliphatic carbocycles. The van der Waals surface area contributed by atoms with Crippen molar-refractivity contribution in [3.05, 3.63) is 59.4 Å². The Bertz CT molecular complexity index is 580. The maximum Gasteiger partial charge on any atom is 0.128 e. The van der Waals surface area contributed by atoms with Crippen LogP contribution in [0, 0.1) is 12.7 Å². The monoisotopic (exact) mass is 287 g/mol. The number of nitrogens with one attached hydrogen (secondary N) is 1. The lowest BCUT2D eigenvalue weighted by atomic mass is 10.1. The predicted molar refractivity (Wildman–Crippen MR) is 85.4 cm³/mol. The summed E-state index contributed by atoms with van der Waals surface area (Å²) in [4.78, 5) is 0. The third-order valence-electron chi connectivity index (χ3n) is 3.41. The van der Waals surface area contributed by atoms with Crippen molar-refractivity contribution in [1.82, 2.24) is 0 Å². The van der Waals surface area contributed by atoms with Crippen molar-refractivity contribution in [2.75, 3.05) is 11.9 Å². The van der Waals surface area contributed by atoms with Gasteiger partial charge < -0.3 is 10.1 Å². The van der Waals surface area contributed by atoms with Crippen LogP contribution in [0.2, 0.25) is 0 Å². The van der Waals surface area contributed by atoms with Crippen molar-refractivity contribution >= 4 is 5.69 Å². The Morgan fingerprint density at radius 3 is 2.48 bits per heavy atom. The predicted octanol–water partition coefficient (Wildman–Crippen LogP) is 5.10. The number of hydrogen-bond donors (Lipinski definition) is 1. The zero-order chi connectivity index (χ0) is 15.2. The third-order valence-corrected chi connectivity index (χ3v) is 3.41. The Labute approximate surface area is 126 Å². The topological polar surface area (TPSA) is 21.3 Å². The standard InChI is InChI=1S/C18H22FNO/c1-4-11-21-17-9-6-15(7-10-17)14(3)20-16-8-5-13(2)18(19)12-16/h5-10,12,14,20H,4,11H2,1-3H3. The van der Waals surface area contributed by atoms with E-state index in [2.05, 4.69) is 19.2 Å². The normalized spacial score (nSPS) is 12.0. The number of hydrogen-bond acceptors (Lipinski definition) is 2. The second-order valence-electron chi connectivity index (χ2n) is 5.25. The van der Waals surface area contributed by atoms with Gasteiger partial charge in [-0.1, -0.05) is 25.1 Å². The van der Waals surface area contributed by atoms with Crippen LogP contribution in [-0.2, 0) is 0 Å². The van der Waals surface area contributed by atoms with Crippen LogP contribution in [0.25, 0.3) is 0 Å². The molecular weight excluding hydrogens is 265 g/mol. The number of aryl methyl sites for hydroxylation is 1. The Morgan fingerprint density at radius 1 is 1.14 bits per heavy atom. The number of benzene rings is 2. The van der Waals surface area contributed by atoms with Gasteiger partial charge >= 0.3 is 0 Å². The number of halogens is 1. The van der Waals surface area contributed by atoms with Crippen molar-refractivity contribution in [2.24, 2.45) is 0 Å². The minimum atomic E-state index is -0.185. The molecule has 0 aliphatic rings. The molecule has 3 heteroatoms. The highest BCUT2D eigenvalue weighted by Gasteiger charge is 2.07. The molecule has 21 heavy (non-hydrogen) atoms. The Kier molecular flexibility index (Phi) is 5.20. The number of anilines is 1. The van der Waals surface area contributed by atoms with Gasteiger partial charge in [0.15, 0.2) is 0 Å². The number of rotatable bonds is 6. The fourth-order valence-corrected chi connectivity index (χ4v) is 2.09. The Hall–Kier alpha value is -2.03. The average Bonchev–Trinajstić information content (AvgIpc) is 2.49. The Morgan fingerprint density at radius 2 is 1.86 bits per heavy atom. The zero-order valence-electron chi connectivity index (χ0n) is 12.8. The van der Waals surface area contributed by atoms with E-state index in [-0.39, 0.29) is 11.9 Å². The second-order valence-corrected chi connectivity index (χ2v) is 5.25. The fourth-order valence-electron chi connectivity index (χ4n) is 2.09. The summed E-state index contributed by atoms with van der Waals surface area (Å²) < 4.78 is 19.1. The molecule has 0 aliphatic heterocycles. The van der Waals surface area contributed by atoms with Crippen LogP contribution >= 0.6 is 0 Å².